The minimum Gasteiger partial charge on any atom is -0.493 e. The number of benzene rings is 2. The van der Waals surface area contributed by atoms with Crippen molar-refractivity contribution in [3.05, 3.63) is 53.6 Å². The van der Waals surface area contributed by atoms with Crippen LogP contribution in [0.25, 0.3) is 11.1 Å². The zero-order valence-corrected chi connectivity index (χ0v) is 10.7. The summed E-state index contributed by atoms with van der Waals surface area (Å²) in [7, 11) is 1.39. The molecule has 3 rings (SSSR count). The minimum atomic E-state index is -0.311. The van der Waals surface area contributed by atoms with Crippen molar-refractivity contribution in [3.63, 3.8) is 0 Å². The van der Waals surface area contributed by atoms with Crippen LogP contribution >= 0.6 is 0 Å². The van der Waals surface area contributed by atoms with E-state index in [-0.39, 0.29) is 5.97 Å². The standard InChI is InChI=1S/C16H14O3/c1-18-16(17)12-4-2-11(3-5-12)13-6-7-15-14(10-13)8-9-19-15/h2-7,10H,8-9H2,1H3. The first-order valence-electron chi connectivity index (χ1n) is 6.22. The Labute approximate surface area is 111 Å². The topological polar surface area (TPSA) is 35.5 Å². The third-order valence-electron chi connectivity index (χ3n) is 3.33. The van der Waals surface area contributed by atoms with E-state index >= 15 is 0 Å². The summed E-state index contributed by atoms with van der Waals surface area (Å²) < 4.78 is 10.2. The van der Waals surface area contributed by atoms with E-state index in [9.17, 15) is 4.79 Å². The van der Waals surface area contributed by atoms with Gasteiger partial charge in [-0.15, -0.1) is 0 Å². The van der Waals surface area contributed by atoms with E-state index in [1.54, 1.807) is 12.1 Å². The van der Waals surface area contributed by atoms with Crippen LogP contribution in [0, 0.1) is 0 Å². The largest absolute Gasteiger partial charge is 0.493 e. The van der Waals surface area contributed by atoms with Crippen molar-refractivity contribution in [1.82, 2.24) is 0 Å². The third-order valence-corrected chi connectivity index (χ3v) is 3.33. The molecule has 0 atom stereocenters. The van der Waals surface area contributed by atoms with Gasteiger partial charge in [0.05, 0.1) is 19.3 Å². The Kier molecular flexibility index (Phi) is 2.95. The number of rotatable bonds is 2. The summed E-state index contributed by atoms with van der Waals surface area (Å²) in [5.41, 5.74) is 4.04. The number of hydrogen-bond acceptors (Lipinski definition) is 3. The van der Waals surface area contributed by atoms with Crippen molar-refractivity contribution in [3.8, 4) is 16.9 Å². The number of ether oxygens (including phenoxy) is 2. The molecule has 1 aliphatic heterocycles. The molecule has 0 amide bonds. The number of carbonyl (C=O) groups is 1. The molecule has 3 nitrogen and oxygen atoms in total. The van der Waals surface area contributed by atoms with Crippen LogP contribution in [-0.2, 0) is 11.2 Å². The molecule has 0 N–H and O–H groups in total. The zero-order chi connectivity index (χ0) is 13.2. The third kappa shape index (κ3) is 2.19. The van der Waals surface area contributed by atoms with Crippen LogP contribution in [-0.4, -0.2) is 19.7 Å². The zero-order valence-electron chi connectivity index (χ0n) is 10.7. The van der Waals surface area contributed by atoms with Crippen molar-refractivity contribution >= 4 is 5.97 Å². The second-order valence-electron chi connectivity index (χ2n) is 4.49. The lowest BCUT2D eigenvalue weighted by molar-refractivity contribution is 0.0601. The van der Waals surface area contributed by atoms with Crippen molar-refractivity contribution in [2.45, 2.75) is 6.42 Å². The highest BCUT2D eigenvalue weighted by Crippen LogP contribution is 2.30. The van der Waals surface area contributed by atoms with Gasteiger partial charge in [0.1, 0.15) is 5.75 Å². The average molecular weight is 254 g/mol. The van der Waals surface area contributed by atoms with E-state index in [0.717, 1.165) is 29.9 Å². The highest BCUT2D eigenvalue weighted by molar-refractivity contribution is 5.90. The molecular formula is C16H14O3. The van der Waals surface area contributed by atoms with Gasteiger partial charge in [-0.05, 0) is 41.0 Å². The summed E-state index contributed by atoms with van der Waals surface area (Å²) in [5, 5.41) is 0. The van der Waals surface area contributed by atoms with Crippen LogP contribution in [0.2, 0.25) is 0 Å². The maximum Gasteiger partial charge on any atom is 0.337 e. The van der Waals surface area contributed by atoms with Crippen molar-refractivity contribution < 1.29 is 14.3 Å². The molecule has 96 valence electrons. The second kappa shape index (κ2) is 4.76. The Hall–Kier alpha value is -2.29. The Bertz CT molecular complexity index is 614. The van der Waals surface area contributed by atoms with Gasteiger partial charge in [0.15, 0.2) is 0 Å². The number of methoxy groups -OCH3 is 1. The van der Waals surface area contributed by atoms with Crippen LogP contribution in [0.3, 0.4) is 0 Å². The first kappa shape index (κ1) is 11.8. The van der Waals surface area contributed by atoms with E-state index in [0.29, 0.717) is 5.56 Å². The highest BCUT2D eigenvalue weighted by Gasteiger charge is 2.13. The van der Waals surface area contributed by atoms with Gasteiger partial charge in [-0.3, -0.25) is 0 Å². The molecule has 19 heavy (non-hydrogen) atoms. The lowest BCUT2D eigenvalue weighted by atomic mass is 10.0. The predicted octanol–water partition coefficient (Wildman–Crippen LogP) is 3.08. The van der Waals surface area contributed by atoms with Crippen molar-refractivity contribution in [2.75, 3.05) is 13.7 Å². The van der Waals surface area contributed by atoms with Crippen LogP contribution < -0.4 is 4.74 Å². The second-order valence-corrected chi connectivity index (χ2v) is 4.49. The van der Waals surface area contributed by atoms with E-state index in [1.807, 2.05) is 24.3 Å². The molecule has 0 aromatic heterocycles. The number of esters is 1. The quantitative estimate of drug-likeness (QED) is 0.773. The van der Waals surface area contributed by atoms with Crippen LogP contribution in [0.15, 0.2) is 42.5 Å². The molecule has 0 saturated heterocycles. The number of fused-ring (bicyclic) bond motifs is 1. The van der Waals surface area contributed by atoms with Crippen molar-refractivity contribution in [1.29, 1.82) is 0 Å². The van der Waals surface area contributed by atoms with E-state index < -0.39 is 0 Å². The fourth-order valence-electron chi connectivity index (χ4n) is 2.28. The molecule has 0 unspecified atom stereocenters. The molecule has 3 heteroatoms. The SMILES string of the molecule is COC(=O)c1ccc(-c2ccc3c(c2)CCO3)cc1. The average Bonchev–Trinajstić information content (AvgIpc) is 2.94. The predicted molar refractivity (Wildman–Crippen MR) is 72.4 cm³/mol. The first-order valence-corrected chi connectivity index (χ1v) is 6.22. The summed E-state index contributed by atoms with van der Waals surface area (Å²) in [4.78, 5) is 11.4. The molecular weight excluding hydrogens is 240 g/mol. The van der Waals surface area contributed by atoms with E-state index in [1.165, 1.54) is 12.7 Å². The number of carbonyl (C=O) groups excluding carboxylic acids is 1. The molecule has 1 aliphatic rings. The fourth-order valence-corrected chi connectivity index (χ4v) is 2.28. The molecule has 0 fully saturated rings. The van der Waals surface area contributed by atoms with Crippen LogP contribution in [0.4, 0.5) is 0 Å². The summed E-state index contributed by atoms with van der Waals surface area (Å²) >= 11 is 0. The summed E-state index contributed by atoms with van der Waals surface area (Å²) in [5.74, 6) is 0.670. The van der Waals surface area contributed by atoms with Gasteiger partial charge >= 0.3 is 5.97 Å². The van der Waals surface area contributed by atoms with Crippen molar-refractivity contribution in [2.24, 2.45) is 0 Å². The van der Waals surface area contributed by atoms with Gasteiger partial charge in [0, 0.05) is 6.42 Å². The monoisotopic (exact) mass is 254 g/mol. The maximum absolute atomic E-state index is 11.4. The molecule has 0 saturated carbocycles. The van der Waals surface area contributed by atoms with Crippen LogP contribution in [0.1, 0.15) is 15.9 Å². The molecule has 1 heterocycles. The molecule has 0 spiro atoms. The Morgan fingerprint density at radius 3 is 2.58 bits per heavy atom. The molecule has 0 radical (unpaired) electrons. The lowest BCUT2D eigenvalue weighted by Crippen LogP contribution is -2.00. The molecule has 0 bridgehead atoms. The minimum absolute atomic E-state index is 0.311. The normalized spacial score (nSPS) is 12.7. The Morgan fingerprint density at radius 2 is 1.84 bits per heavy atom. The number of hydrogen-bond donors (Lipinski definition) is 0. The maximum atomic E-state index is 11.4. The van der Waals surface area contributed by atoms with Gasteiger partial charge in [-0.25, -0.2) is 4.79 Å². The van der Waals surface area contributed by atoms with Gasteiger partial charge in [-0.2, -0.15) is 0 Å². The summed E-state index contributed by atoms with van der Waals surface area (Å²) in [6, 6.07) is 13.6. The van der Waals surface area contributed by atoms with Gasteiger partial charge in [0.2, 0.25) is 0 Å². The Morgan fingerprint density at radius 1 is 1.11 bits per heavy atom. The lowest BCUT2D eigenvalue weighted by Gasteiger charge is -2.05. The molecule has 2 aromatic carbocycles. The fraction of sp³-hybridized carbons (Fsp3) is 0.188. The van der Waals surface area contributed by atoms with Gasteiger partial charge < -0.3 is 9.47 Å². The van der Waals surface area contributed by atoms with Gasteiger partial charge in [-0.1, -0.05) is 18.2 Å². The molecule has 0 aliphatic carbocycles. The van der Waals surface area contributed by atoms with Crippen LogP contribution in [0.5, 0.6) is 5.75 Å². The summed E-state index contributed by atoms with van der Waals surface area (Å²) in [6.07, 6.45) is 0.962. The highest BCUT2D eigenvalue weighted by atomic mass is 16.5. The first-order chi connectivity index (χ1) is 9.28. The van der Waals surface area contributed by atoms with Gasteiger partial charge in [0.25, 0.3) is 0 Å². The Balaban J connectivity index is 1.92. The molecule has 2 aromatic rings. The smallest absolute Gasteiger partial charge is 0.337 e. The van der Waals surface area contributed by atoms with E-state index in [4.69, 9.17) is 4.74 Å². The van der Waals surface area contributed by atoms with E-state index in [2.05, 4.69) is 10.8 Å². The summed E-state index contributed by atoms with van der Waals surface area (Å²) in [6.45, 7) is 0.764.